The van der Waals surface area contributed by atoms with Gasteiger partial charge in [-0.15, -0.1) is 0 Å². The van der Waals surface area contributed by atoms with E-state index in [0.717, 1.165) is 35.0 Å². The number of halogens is 1. The predicted molar refractivity (Wildman–Crippen MR) is 83.1 cm³/mol. The molecule has 112 valence electrons. The fourth-order valence-corrected chi connectivity index (χ4v) is 3.10. The Morgan fingerprint density at radius 3 is 2.65 bits per heavy atom. The zero-order valence-electron chi connectivity index (χ0n) is 12.2. The molecule has 4 heteroatoms. The third kappa shape index (κ3) is 3.54. The van der Waals surface area contributed by atoms with Gasteiger partial charge >= 0.3 is 0 Å². The van der Waals surface area contributed by atoms with E-state index < -0.39 is 6.10 Å². The van der Waals surface area contributed by atoms with E-state index >= 15 is 0 Å². The van der Waals surface area contributed by atoms with Gasteiger partial charge in [-0.2, -0.15) is 0 Å². The van der Waals surface area contributed by atoms with E-state index in [1.807, 2.05) is 18.2 Å². The molecule has 1 aromatic carbocycles. The van der Waals surface area contributed by atoms with Gasteiger partial charge in [-0.25, -0.2) is 0 Å². The summed E-state index contributed by atoms with van der Waals surface area (Å²) in [4.78, 5) is 0. The second-order valence-electron chi connectivity index (χ2n) is 5.50. The van der Waals surface area contributed by atoms with Crippen molar-refractivity contribution in [2.75, 3.05) is 13.7 Å². The minimum Gasteiger partial charge on any atom is -0.492 e. The van der Waals surface area contributed by atoms with Crippen LogP contribution in [-0.2, 0) is 4.74 Å². The van der Waals surface area contributed by atoms with Gasteiger partial charge in [0.15, 0.2) is 0 Å². The topological polar surface area (TPSA) is 38.7 Å². The van der Waals surface area contributed by atoms with Crippen molar-refractivity contribution in [3.8, 4) is 5.75 Å². The first-order valence-electron chi connectivity index (χ1n) is 7.26. The molecule has 1 N–H and O–H groups in total. The van der Waals surface area contributed by atoms with Crippen LogP contribution in [0, 0.1) is 0 Å². The molecule has 1 aliphatic carbocycles. The van der Waals surface area contributed by atoms with Gasteiger partial charge in [0.25, 0.3) is 0 Å². The summed E-state index contributed by atoms with van der Waals surface area (Å²) in [7, 11) is 1.74. The molecule has 1 aromatic rings. The van der Waals surface area contributed by atoms with Gasteiger partial charge < -0.3 is 14.6 Å². The van der Waals surface area contributed by atoms with Crippen LogP contribution in [0.2, 0.25) is 0 Å². The van der Waals surface area contributed by atoms with Crippen LogP contribution in [0.15, 0.2) is 22.7 Å². The lowest BCUT2D eigenvalue weighted by Gasteiger charge is -2.41. The number of hydrogen-bond donors (Lipinski definition) is 1. The van der Waals surface area contributed by atoms with E-state index in [4.69, 9.17) is 9.47 Å². The highest BCUT2D eigenvalue weighted by atomic mass is 79.9. The van der Waals surface area contributed by atoms with Crippen LogP contribution < -0.4 is 4.74 Å². The molecule has 1 atom stereocenters. The largest absolute Gasteiger partial charge is 0.492 e. The summed E-state index contributed by atoms with van der Waals surface area (Å²) in [6.45, 7) is 2.78. The second-order valence-corrected chi connectivity index (χ2v) is 6.35. The Morgan fingerprint density at radius 1 is 1.40 bits per heavy atom. The molecule has 2 rings (SSSR count). The molecular formula is C16H23BrO3. The molecule has 0 heterocycles. The van der Waals surface area contributed by atoms with E-state index in [1.165, 1.54) is 6.42 Å². The number of ether oxygens (including phenoxy) is 2. The highest BCUT2D eigenvalue weighted by Gasteiger charge is 2.39. The Kier molecular flexibility index (Phi) is 5.47. The maximum Gasteiger partial charge on any atom is 0.133 e. The Labute approximate surface area is 129 Å². The number of rotatable bonds is 7. The highest BCUT2D eigenvalue weighted by Crippen LogP contribution is 2.42. The Bertz CT molecular complexity index is 438. The van der Waals surface area contributed by atoms with E-state index in [0.29, 0.717) is 13.0 Å². The fourth-order valence-electron chi connectivity index (χ4n) is 2.59. The predicted octanol–water partition coefficient (Wildman–Crippen LogP) is 4.23. The van der Waals surface area contributed by atoms with Gasteiger partial charge in [0.1, 0.15) is 5.75 Å². The number of methoxy groups -OCH3 is 1. The third-order valence-corrected chi connectivity index (χ3v) is 4.69. The lowest BCUT2D eigenvalue weighted by atomic mass is 9.75. The minimum atomic E-state index is -0.494. The van der Waals surface area contributed by atoms with E-state index in [9.17, 15) is 5.11 Å². The Hall–Kier alpha value is -0.580. The van der Waals surface area contributed by atoms with E-state index in [1.54, 1.807) is 7.11 Å². The fraction of sp³-hybridized carbons (Fsp3) is 0.625. The summed E-state index contributed by atoms with van der Waals surface area (Å²) in [5, 5.41) is 10.4. The summed E-state index contributed by atoms with van der Waals surface area (Å²) >= 11 is 3.51. The first-order valence-corrected chi connectivity index (χ1v) is 8.05. The monoisotopic (exact) mass is 342 g/mol. The lowest BCUT2D eigenvalue weighted by molar-refractivity contribution is -0.0999. The smallest absolute Gasteiger partial charge is 0.133 e. The SMILES string of the molecule is CCCOc1ccc(C(O)CC2(OC)CCC2)cc1Br. The molecule has 1 aliphatic rings. The molecule has 1 fully saturated rings. The number of aliphatic hydroxyl groups excluding tert-OH is 1. The highest BCUT2D eigenvalue weighted by molar-refractivity contribution is 9.10. The minimum absolute atomic E-state index is 0.122. The van der Waals surface area contributed by atoms with Gasteiger partial charge in [-0.3, -0.25) is 0 Å². The first-order chi connectivity index (χ1) is 9.60. The molecule has 3 nitrogen and oxygen atoms in total. The van der Waals surface area contributed by atoms with Crippen LogP contribution in [0.1, 0.15) is 50.7 Å². The molecule has 0 aromatic heterocycles. The van der Waals surface area contributed by atoms with Crippen molar-refractivity contribution in [2.24, 2.45) is 0 Å². The van der Waals surface area contributed by atoms with Crippen molar-refractivity contribution in [2.45, 2.75) is 50.7 Å². The average Bonchev–Trinajstić information content (AvgIpc) is 2.41. The second kappa shape index (κ2) is 6.92. The van der Waals surface area contributed by atoms with Crippen LogP contribution in [0.25, 0.3) is 0 Å². The van der Waals surface area contributed by atoms with Gasteiger partial charge in [-0.05, 0) is 59.3 Å². The summed E-state index contributed by atoms with van der Waals surface area (Å²) in [5.74, 6) is 0.827. The Morgan fingerprint density at radius 2 is 2.15 bits per heavy atom. The quantitative estimate of drug-likeness (QED) is 0.805. The van der Waals surface area contributed by atoms with Crippen LogP contribution in [0.3, 0.4) is 0 Å². The molecule has 1 unspecified atom stereocenters. The lowest BCUT2D eigenvalue weighted by Crippen LogP contribution is -2.40. The molecule has 0 aliphatic heterocycles. The molecule has 0 bridgehead atoms. The first kappa shape index (κ1) is 15.8. The van der Waals surface area contributed by atoms with E-state index in [-0.39, 0.29) is 5.60 Å². The normalized spacial score (nSPS) is 18.4. The molecule has 20 heavy (non-hydrogen) atoms. The van der Waals surface area contributed by atoms with Gasteiger partial charge in [0.2, 0.25) is 0 Å². The molecule has 1 saturated carbocycles. The molecular weight excluding hydrogens is 320 g/mol. The number of hydrogen-bond acceptors (Lipinski definition) is 3. The molecule has 0 amide bonds. The molecule has 0 radical (unpaired) electrons. The van der Waals surface area contributed by atoms with Gasteiger partial charge in [0.05, 0.1) is 22.8 Å². The standard InChI is InChI=1S/C16H23BrO3/c1-3-9-20-15-6-5-12(10-13(15)17)14(18)11-16(19-2)7-4-8-16/h5-6,10,14,18H,3-4,7-9,11H2,1-2H3. The van der Waals surface area contributed by atoms with E-state index in [2.05, 4.69) is 22.9 Å². The van der Waals surface area contributed by atoms with Gasteiger partial charge in [-0.1, -0.05) is 13.0 Å². The summed E-state index contributed by atoms with van der Waals surface area (Å²) in [6, 6.07) is 5.79. The van der Waals surface area contributed by atoms with Crippen molar-refractivity contribution in [1.82, 2.24) is 0 Å². The Balaban J connectivity index is 2.03. The van der Waals surface area contributed by atoms with Crippen LogP contribution in [-0.4, -0.2) is 24.4 Å². The van der Waals surface area contributed by atoms with Crippen molar-refractivity contribution >= 4 is 15.9 Å². The van der Waals surface area contributed by atoms with Crippen molar-refractivity contribution < 1.29 is 14.6 Å². The zero-order chi connectivity index (χ0) is 14.6. The number of aliphatic hydroxyl groups is 1. The van der Waals surface area contributed by atoms with Crippen LogP contribution >= 0.6 is 15.9 Å². The summed E-state index contributed by atoms with van der Waals surface area (Å²) in [6.07, 6.45) is 4.41. The molecule has 0 saturated heterocycles. The zero-order valence-corrected chi connectivity index (χ0v) is 13.8. The summed E-state index contributed by atoms with van der Waals surface area (Å²) in [5.41, 5.74) is 0.785. The third-order valence-electron chi connectivity index (χ3n) is 4.07. The van der Waals surface area contributed by atoms with Crippen molar-refractivity contribution in [3.05, 3.63) is 28.2 Å². The van der Waals surface area contributed by atoms with Crippen LogP contribution in [0.5, 0.6) is 5.75 Å². The van der Waals surface area contributed by atoms with Crippen molar-refractivity contribution in [3.63, 3.8) is 0 Å². The average molecular weight is 343 g/mol. The van der Waals surface area contributed by atoms with Crippen LogP contribution in [0.4, 0.5) is 0 Å². The van der Waals surface area contributed by atoms with Gasteiger partial charge in [0, 0.05) is 13.5 Å². The summed E-state index contributed by atoms with van der Waals surface area (Å²) < 4.78 is 12.1. The molecule has 0 spiro atoms. The van der Waals surface area contributed by atoms with Crippen molar-refractivity contribution in [1.29, 1.82) is 0 Å². The maximum absolute atomic E-state index is 10.4. The number of benzene rings is 1. The maximum atomic E-state index is 10.4.